The van der Waals surface area contributed by atoms with Gasteiger partial charge in [0.05, 0.1) is 43.5 Å². The number of aliphatic hydroxyl groups is 4. The third kappa shape index (κ3) is 17.7. The fourth-order valence-corrected chi connectivity index (χ4v) is 9.53. The first-order valence-corrected chi connectivity index (χ1v) is 28.2. The van der Waals surface area contributed by atoms with E-state index < -0.39 is 24.7 Å². The Balaban J connectivity index is 0.000000284. The first-order valence-electron chi connectivity index (χ1n) is 28.2. The maximum absolute atomic E-state index is 13.2. The minimum Gasteiger partial charge on any atom is -0.432 e. The van der Waals surface area contributed by atoms with Crippen LogP contribution in [-0.4, -0.2) is 119 Å². The Kier molecular flexibility index (Phi) is 21.3. The molecule has 10 N–H and O–H groups in total. The highest BCUT2D eigenvalue weighted by molar-refractivity contribution is 5.57. The van der Waals surface area contributed by atoms with Gasteiger partial charge in [0.15, 0.2) is 0 Å². The molecular formula is C61H78F5N15O6. The van der Waals surface area contributed by atoms with Crippen molar-refractivity contribution in [3.63, 3.8) is 0 Å². The first kappa shape index (κ1) is 65.8. The number of hydrogen-bond acceptors (Lipinski definition) is 21. The maximum atomic E-state index is 13.2. The fourth-order valence-electron chi connectivity index (χ4n) is 9.53. The molecule has 468 valence electrons. The molecule has 6 aromatic rings. The number of aromatic nitrogens is 6. The van der Waals surface area contributed by atoms with Gasteiger partial charge in [-0.1, -0.05) is 96.1 Å². The molecule has 0 saturated heterocycles. The second kappa shape index (κ2) is 28.2. The number of benzene rings is 3. The van der Waals surface area contributed by atoms with Gasteiger partial charge in [-0.25, -0.2) is 15.0 Å². The van der Waals surface area contributed by atoms with Crippen molar-refractivity contribution in [1.29, 1.82) is 15.8 Å². The number of anilines is 6. The van der Waals surface area contributed by atoms with Gasteiger partial charge in [0.1, 0.15) is 63.9 Å². The van der Waals surface area contributed by atoms with Crippen LogP contribution >= 0.6 is 0 Å². The van der Waals surface area contributed by atoms with Gasteiger partial charge >= 0.3 is 12.5 Å². The second-order valence-corrected chi connectivity index (χ2v) is 23.2. The minimum atomic E-state index is -4.71. The van der Waals surface area contributed by atoms with Crippen molar-refractivity contribution in [2.45, 2.75) is 143 Å². The molecule has 0 amide bonds. The number of hydrogen-bond donors (Lipinski definition) is 10. The van der Waals surface area contributed by atoms with Crippen LogP contribution in [0, 0.1) is 50.2 Å². The summed E-state index contributed by atoms with van der Waals surface area (Å²) in [5.74, 6) is 2.24. The van der Waals surface area contributed by atoms with Crippen LogP contribution in [0.3, 0.4) is 0 Å². The predicted molar refractivity (Wildman–Crippen MR) is 322 cm³/mol. The third-order valence-electron chi connectivity index (χ3n) is 16.0. The van der Waals surface area contributed by atoms with E-state index in [1.165, 1.54) is 36.8 Å². The lowest BCUT2D eigenvalue weighted by atomic mass is 9.64. The van der Waals surface area contributed by atoms with E-state index in [0.29, 0.717) is 116 Å². The summed E-state index contributed by atoms with van der Waals surface area (Å²) >= 11 is 0. The molecule has 3 fully saturated rings. The SMILES string of the molecule is CC(F)(F)Oc1ccccc1CCNc1ncc(C#N)c(N[C@@H]2C[C@H](O)C2(C)C)n1.CC1(C)[C@@H](O)C[C@H]1Nc1nc(NCCc2ccc(CO)cc2)ncc1C#N.CC1(C)[C@@H](O)C[C@H]1Nc1nc(NCCc2ccc(OC(F)(F)F)cc2)ncc1C#N.[HH].[HH].[HH]. The molecule has 3 aliphatic carbocycles. The van der Waals surface area contributed by atoms with E-state index >= 15 is 0 Å². The van der Waals surface area contributed by atoms with Crippen molar-refractivity contribution < 1.29 is 56.1 Å². The average molecular weight is 1210 g/mol. The molecule has 6 atom stereocenters. The molecule has 0 unspecified atom stereocenters. The van der Waals surface area contributed by atoms with Crippen molar-refractivity contribution in [2.75, 3.05) is 51.5 Å². The van der Waals surface area contributed by atoms with E-state index in [4.69, 9.17) is 9.84 Å². The number of nitrogens with zero attached hydrogens (tertiary/aromatic N) is 9. The Bertz CT molecular complexity index is 3420. The highest BCUT2D eigenvalue weighted by atomic mass is 19.4. The minimum absolute atomic E-state index is 0. The molecule has 3 aromatic carbocycles. The number of alkyl halides is 5. The zero-order chi connectivity index (χ0) is 63.3. The topological polar surface area (TPSA) is 320 Å². The molecule has 26 heteroatoms. The van der Waals surface area contributed by atoms with Gasteiger partial charge in [-0.3, -0.25) is 0 Å². The Morgan fingerprint density at radius 1 is 0.540 bits per heavy atom. The van der Waals surface area contributed by atoms with Crippen molar-refractivity contribution in [2.24, 2.45) is 16.2 Å². The van der Waals surface area contributed by atoms with E-state index in [1.54, 1.807) is 30.3 Å². The smallest absolute Gasteiger partial charge is 0.432 e. The van der Waals surface area contributed by atoms with Crippen LogP contribution in [-0.2, 0) is 25.9 Å². The van der Waals surface area contributed by atoms with Gasteiger partial charge in [-0.05, 0) is 79.0 Å². The highest BCUT2D eigenvalue weighted by Crippen LogP contribution is 2.44. The van der Waals surface area contributed by atoms with Crippen molar-refractivity contribution in [3.8, 4) is 29.7 Å². The quantitative estimate of drug-likeness (QED) is 0.0283. The van der Waals surface area contributed by atoms with E-state index in [9.17, 15) is 53.1 Å². The molecule has 21 nitrogen and oxygen atoms in total. The lowest BCUT2D eigenvalue weighted by Crippen LogP contribution is -2.57. The summed E-state index contributed by atoms with van der Waals surface area (Å²) in [6, 6.07) is 26.3. The van der Waals surface area contributed by atoms with Gasteiger partial charge in [0, 0.05) is 65.2 Å². The van der Waals surface area contributed by atoms with E-state index in [2.05, 4.69) is 78.7 Å². The maximum Gasteiger partial charge on any atom is 0.573 e. The summed E-state index contributed by atoms with van der Waals surface area (Å²) < 4.78 is 71.6. The third-order valence-corrected chi connectivity index (χ3v) is 16.0. The Hall–Kier alpha value is -8.74. The molecular weight excluding hydrogens is 1130 g/mol. The summed E-state index contributed by atoms with van der Waals surface area (Å²) in [6.07, 6.45) is -1.27. The molecule has 3 heterocycles. The standard InChI is InChI=1S/C21H25F2N5O2.C20H22F3N5O2.C20H25N5O2.3H2/c1-20(2)16(10-17(20)29)27-18-14(11-24)12-26-19(28-18)25-9-8-13-6-4-5-7-15(13)30-21(3,22)23;1-19(2)15(9-16(19)29)27-17-13(10-24)11-26-18(28-17)25-8-7-12-3-5-14(6-4-12)30-20(21,22)23;1-20(2)16(9-17(20)27)24-18-15(10-21)11-23-19(25-18)22-8-7-13-3-5-14(12-26)6-4-13;;;/h4-7,12,16-17,29H,8-10H2,1-3H3,(H2,25,26,27,28);3-6,11,15-16,29H,7-9H2,1-2H3,(H2,25,26,27,28);3-6,11,16-17,26-27H,7-9,12H2,1-2H3,(H2,22,23,24,25);3*1H/t16-,17+;15-,16+;16-,17+;;;/m111.../s1. The number of rotatable bonds is 22. The van der Waals surface area contributed by atoms with Crippen LogP contribution in [0.1, 0.15) is 111 Å². The summed E-state index contributed by atoms with van der Waals surface area (Å²) in [7, 11) is 0. The van der Waals surface area contributed by atoms with Gasteiger partial charge < -0.3 is 61.8 Å². The Morgan fingerprint density at radius 2 is 0.897 bits per heavy atom. The molecule has 3 saturated carbocycles. The van der Waals surface area contributed by atoms with Gasteiger partial charge in [0.25, 0.3) is 0 Å². The number of ether oxygens (including phenoxy) is 2. The van der Waals surface area contributed by atoms with Gasteiger partial charge in [0.2, 0.25) is 17.8 Å². The fraction of sp³-hybridized carbons (Fsp3) is 0.459. The number of halogens is 5. The van der Waals surface area contributed by atoms with E-state index in [-0.39, 0.29) is 62.9 Å². The first-order chi connectivity index (χ1) is 41.1. The zero-order valence-electron chi connectivity index (χ0n) is 49.2. The van der Waals surface area contributed by atoms with Crippen molar-refractivity contribution in [1.82, 2.24) is 29.9 Å². The van der Waals surface area contributed by atoms with E-state index in [1.807, 2.05) is 71.9 Å². The zero-order valence-corrected chi connectivity index (χ0v) is 49.2. The summed E-state index contributed by atoms with van der Waals surface area (Å²) in [6.45, 7) is 14.0. The van der Waals surface area contributed by atoms with Gasteiger partial charge in [-0.2, -0.15) is 39.5 Å². The van der Waals surface area contributed by atoms with Crippen molar-refractivity contribution in [3.05, 3.63) is 130 Å². The second-order valence-electron chi connectivity index (χ2n) is 23.2. The molecule has 0 bridgehead atoms. The van der Waals surface area contributed by atoms with Gasteiger partial charge in [-0.15, -0.1) is 13.2 Å². The van der Waals surface area contributed by atoms with Crippen LogP contribution in [0.4, 0.5) is 57.3 Å². The van der Waals surface area contributed by atoms with Crippen LogP contribution < -0.4 is 41.4 Å². The summed E-state index contributed by atoms with van der Waals surface area (Å²) in [5.41, 5.74) is 3.57. The van der Waals surface area contributed by atoms with E-state index in [0.717, 1.165) is 23.1 Å². The van der Waals surface area contributed by atoms with Crippen LogP contribution in [0.15, 0.2) is 91.4 Å². The monoisotopic (exact) mass is 1210 g/mol. The largest absolute Gasteiger partial charge is 0.573 e. The lowest BCUT2D eigenvalue weighted by molar-refractivity contribution is -0.274. The summed E-state index contributed by atoms with van der Waals surface area (Å²) in [4.78, 5) is 25.6. The van der Waals surface area contributed by atoms with Crippen molar-refractivity contribution >= 4 is 35.3 Å². The Labute approximate surface area is 506 Å². The normalized spacial score (nSPS) is 20.1. The van der Waals surface area contributed by atoms with Crippen LogP contribution in [0.2, 0.25) is 0 Å². The molecule has 3 aliphatic rings. The van der Waals surface area contributed by atoms with Crippen LogP contribution in [0.5, 0.6) is 11.5 Å². The highest BCUT2D eigenvalue weighted by Gasteiger charge is 2.49. The number of nitrogens with one attached hydrogen (secondary N) is 6. The molecule has 3 aromatic heterocycles. The predicted octanol–water partition coefficient (Wildman–Crippen LogP) is 9.84. The number of aliphatic hydroxyl groups excluding tert-OH is 4. The summed E-state index contributed by atoms with van der Waals surface area (Å²) in [5, 5.41) is 85.7. The number of nitriles is 3. The molecule has 0 radical (unpaired) electrons. The molecule has 0 aliphatic heterocycles. The average Bonchev–Trinajstić information content (AvgIpc) is 0.885. The van der Waals surface area contributed by atoms with Crippen LogP contribution in [0.25, 0.3) is 0 Å². The Morgan fingerprint density at radius 3 is 1.23 bits per heavy atom. The lowest BCUT2D eigenvalue weighted by Gasteiger charge is -2.49. The number of para-hydroxylation sites is 1. The molecule has 9 rings (SSSR count). The molecule has 0 spiro atoms. The molecule has 87 heavy (non-hydrogen) atoms.